The van der Waals surface area contributed by atoms with Crippen LogP contribution in [0.5, 0.6) is 5.75 Å². The molecule has 6 heteroatoms. The summed E-state index contributed by atoms with van der Waals surface area (Å²) in [6.45, 7) is 5.12. The van der Waals surface area contributed by atoms with Gasteiger partial charge in [-0.25, -0.2) is 0 Å². The zero-order chi connectivity index (χ0) is 21.1. The Kier molecular flexibility index (Phi) is 5.86. The summed E-state index contributed by atoms with van der Waals surface area (Å²) in [6, 6.07) is 17.8. The number of aromatic amines is 1. The van der Waals surface area contributed by atoms with E-state index in [4.69, 9.17) is 4.74 Å². The number of hydrogen-bond donors (Lipinski definition) is 1. The van der Waals surface area contributed by atoms with Gasteiger partial charge in [0.15, 0.2) is 0 Å². The average molecular weight is 405 g/mol. The summed E-state index contributed by atoms with van der Waals surface area (Å²) in [6.07, 6.45) is 0.131. The van der Waals surface area contributed by atoms with Crippen molar-refractivity contribution in [2.75, 3.05) is 33.3 Å². The molecule has 1 amide bonds. The number of carbonyl (C=O) groups excluding carboxylic acids is 1. The van der Waals surface area contributed by atoms with Crippen LogP contribution in [0.3, 0.4) is 0 Å². The summed E-state index contributed by atoms with van der Waals surface area (Å²) in [7, 11) is 1.68. The van der Waals surface area contributed by atoms with Gasteiger partial charge in [0, 0.05) is 43.3 Å². The molecule has 0 spiro atoms. The van der Waals surface area contributed by atoms with Crippen LogP contribution in [0, 0.1) is 0 Å². The van der Waals surface area contributed by atoms with Crippen molar-refractivity contribution in [3.63, 3.8) is 0 Å². The highest BCUT2D eigenvalue weighted by Crippen LogP contribution is 2.25. The molecule has 1 fully saturated rings. The van der Waals surface area contributed by atoms with Crippen LogP contribution in [0.25, 0.3) is 10.9 Å². The third kappa shape index (κ3) is 4.24. The molecule has 0 bridgehead atoms. The number of fused-ring (bicyclic) bond motifs is 1. The number of benzene rings is 2. The van der Waals surface area contributed by atoms with Crippen molar-refractivity contribution in [3.8, 4) is 5.75 Å². The zero-order valence-electron chi connectivity index (χ0n) is 17.4. The number of ether oxygens (including phenoxy) is 1. The summed E-state index contributed by atoms with van der Waals surface area (Å²) in [4.78, 5) is 32.3. The highest BCUT2D eigenvalue weighted by atomic mass is 16.5. The summed E-state index contributed by atoms with van der Waals surface area (Å²) < 4.78 is 5.33. The van der Waals surface area contributed by atoms with E-state index in [1.807, 2.05) is 47.4 Å². The van der Waals surface area contributed by atoms with Gasteiger partial charge in [0.25, 0.3) is 5.56 Å². The normalized spacial score (nSPS) is 15.9. The lowest BCUT2D eigenvalue weighted by Gasteiger charge is -2.38. The molecule has 0 radical (unpaired) electrons. The van der Waals surface area contributed by atoms with Crippen molar-refractivity contribution in [3.05, 3.63) is 76.1 Å². The third-order valence-electron chi connectivity index (χ3n) is 5.96. The van der Waals surface area contributed by atoms with Gasteiger partial charge < -0.3 is 14.6 Å². The van der Waals surface area contributed by atoms with E-state index in [2.05, 4.69) is 28.9 Å². The topological polar surface area (TPSA) is 65.6 Å². The summed E-state index contributed by atoms with van der Waals surface area (Å²) >= 11 is 0. The van der Waals surface area contributed by atoms with Gasteiger partial charge >= 0.3 is 0 Å². The van der Waals surface area contributed by atoms with Crippen molar-refractivity contribution < 1.29 is 9.53 Å². The molecule has 0 aliphatic carbocycles. The van der Waals surface area contributed by atoms with Gasteiger partial charge in [-0.3, -0.25) is 14.5 Å². The minimum absolute atomic E-state index is 0.00413. The second-order valence-electron chi connectivity index (χ2n) is 7.76. The van der Waals surface area contributed by atoms with Crippen LogP contribution >= 0.6 is 0 Å². The standard InChI is InChI=1S/C24H27N3O3/c1-17(18-7-5-8-21(15-18)30-2)26-10-12-27(13-11-26)23(28)16-20-14-19-6-3-4-9-22(19)25-24(20)29/h3-9,14-15,17H,10-13,16H2,1-2H3,(H,25,29). The maximum absolute atomic E-state index is 12.8. The number of amides is 1. The lowest BCUT2D eigenvalue weighted by Crippen LogP contribution is -2.49. The Morgan fingerprint density at radius 2 is 1.83 bits per heavy atom. The Bertz CT molecular complexity index is 1100. The lowest BCUT2D eigenvalue weighted by atomic mass is 10.1. The molecule has 1 aliphatic rings. The number of methoxy groups -OCH3 is 1. The van der Waals surface area contributed by atoms with Crippen LogP contribution in [0.4, 0.5) is 0 Å². The minimum Gasteiger partial charge on any atom is -0.497 e. The van der Waals surface area contributed by atoms with Gasteiger partial charge in [0.05, 0.1) is 13.5 Å². The highest BCUT2D eigenvalue weighted by molar-refractivity contribution is 5.82. The molecular weight excluding hydrogens is 378 g/mol. The first kappa shape index (κ1) is 20.2. The number of nitrogens with one attached hydrogen (secondary N) is 1. The monoisotopic (exact) mass is 405 g/mol. The van der Waals surface area contributed by atoms with Gasteiger partial charge in [0.1, 0.15) is 5.75 Å². The van der Waals surface area contributed by atoms with Crippen LogP contribution in [0.1, 0.15) is 24.1 Å². The van der Waals surface area contributed by atoms with Gasteiger partial charge in [-0.05, 0) is 42.1 Å². The van der Waals surface area contributed by atoms with Crippen molar-refractivity contribution in [2.24, 2.45) is 0 Å². The van der Waals surface area contributed by atoms with E-state index in [-0.39, 0.29) is 23.9 Å². The number of piperazine rings is 1. The molecule has 6 nitrogen and oxygen atoms in total. The quantitative estimate of drug-likeness (QED) is 0.709. The molecule has 0 saturated carbocycles. The van der Waals surface area contributed by atoms with Gasteiger partial charge in [-0.15, -0.1) is 0 Å². The van der Waals surface area contributed by atoms with E-state index in [0.29, 0.717) is 18.7 Å². The Morgan fingerprint density at radius 1 is 1.07 bits per heavy atom. The van der Waals surface area contributed by atoms with Crippen molar-refractivity contribution in [1.29, 1.82) is 0 Å². The number of para-hydroxylation sites is 1. The van der Waals surface area contributed by atoms with Crippen LogP contribution in [-0.4, -0.2) is 54.0 Å². The predicted octanol–water partition coefficient (Wildman–Crippen LogP) is 2.98. The Balaban J connectivity index is 1.38. The molecule has 1 aliphatic heterocycles. The lowest BCUT2D eigenvalue weighted by molar-refractivity contribution is -0.132. The van der Waals surface area contributed by atoms with Crippen LogP contribution in [0.2, 0.25) is 0 Å². The molecular formula is C24H27N3O3. The molecule has 156 valence electrons. The molecule has 4 rings (SSSR count). The largest absolute Gasteiger partial charge is 0.497 e. The van der Waals surface area contributed by atoms with Gasteiger partial charge in [0.2, 0.25) is 5.91 Å². The van der Waals surface area contributed by atoms with Crippen LogP contribution in [0.15, 0.2) is 59.4 Å². The number of aromatic nitrogens is 1. The van der Waals surface area contributed by atoms with E-state index in [0.717, 1.165) is 29.7 Å². The average Bonchev–Trinajstić information content (AvgIpc) is 2.79. The van der Waals surface area contributed by atoms with Crippen molar-refractivity contribution >= 4 is 16.8 Å². The second kappa shape index (κ2) is 8.71. The first-order chi connectivity index (χ1) is 14.5. The highest BCUT2D eigenvalue weighted by Gasteiger charge is 2.25. The first-order valence-electron chi connectivity index (χ1n) is 10.3. The van der Waals surface area contributed by atoms with Crippen molar-refractivity contribution in [2.45, 2.75) is 19.4 Å². The molecule has 2 aromatic carbocycles. The Labute approximate surface area is 176 Å². The van der Waals surface area contributed by atoms with Gasteiger partial charge in [-0.2, -0.15) is 0 Å². The summed E-state index contributed by atoms with van der Waals surface area (Å²) in [5, 5.41) is 0.942. The first-order valence-corrected chi connectivity index (χ1v) is 10.3. The fourth-order valence-electron chi connectivity index (χ4n) is 4.07. The summed E-state index contributed by atoms with van der Waals surface area (Å²) in [5.41, 5.74) is 2.33. The molecule has 1 saturated heterocycles. The van der Waals surface area contributed by atoms with E-state index >= 15 is 0 Å². The van der Waals surface area contributed by atoms with E-state index in [1.54, 1.807) is 7.11 Å². The minimum atomic E-state index is -0.188. The fourth-order valence-corrected chi connectivity index (χ4v) is 4.07. The third-order valence-corrected chi connectivity index (χ3v) is 5.96. The fraction of sp³-hybridized carbons (Fsp3) is 0.333. The smallest absolute Gasteiger partial charge is 0.252 e. The second-order valence-corrected chi connectivity index (χ2v) is 7.76. The maximum Gasteiger partial charge on any atom is 0.252 e. The predicted molar refractivity (Wildman–Crippen MR) is 118 cm³/mol. The Morgan fingerprint density at radius 3 is 2.60 bits per heavy atom. The molecule has 1 aromatic heterocycles. The number of H-pyrrole nitrogens is 1. The maximum atomic E-state index is 12.8. The van der Waals surface area contributed by atoms with Crippen molar-refractivity contribution in [1.82, 2.24) is 14.8 Å². The zero-order valence-corrected chi connectivity index (χ0v) is 17.4. The molecule has 1 N–H and O–H groups in total. The molecule has 2 heterocycles. The van der Waals surface area contributed by atoms with Gasteiger partial charge in [-0.1, -0.05) is 30.3 Å². The van der Waals surface area contributed by atoms with E-state index < -0.39 is 0 Å². The Hall–Kier alpha value is -3.12. The van der Waals surface area contributed by atoms with Crippen LogP contribution < -0.4 is 10.3 Å². The number of rotatable bonds is 5. The molecule has 1 atom stereocenters. The summed E-state index contributed by atoms with van der Waals surface area (Å²) in [5.74, 6) is 0.859. The SMILES string of the molecule is COc1cccc(C(C)N2CCN(C(=O)Cc3cc4ccccc4[nH]c3=O)CC2)c1. The molecule has 30 heavy (non-hydrogen) atoms. The number of carbonyl (C=O) groups is 1. The van der Waals surface area contributed by atoms with Crippen LogP contribution in [-0.2, 0) is 11.2 Å². The van der Waals surface area contributed by atoms with E-state index in [1.165, 1.54) is 5.56 Å². The number of hydrogen-bond acceptors (Lipinski definition) is 4. The molecule has 3 aromatic rings. The van der Waals surface area contributed by atoms with E-state index in [9.17, 15) is 9.59 Å². The number of nitrogens with zero attached hydrogens (tertiary/aromatic N) is 2. The number of pyridine rings is 1. The molecule has 1 unspecified atom stereocenters.